The third-order valence-corrected chi connectivity index (χ3v) is 5.58. The van der Waals surface area contributed by atoms with Crippen LogP contribution < -0.4 is 0 Å². The molecule has 8 heteroatoms. The van der Waals surface area contributed by atoms with E-state index < -0.39 is 5.54 Å². The van der Waals surface area contributed by atoms with Gasteiger partial charge in [0.1, 0.15) is 5.54 Å². The van der Waals surface area contributed by atoms with Gasteiger partial charge in [-0.1, -0.05) is 5.16 Å². The summed E-state index contributed by atoms with van der Waals surface area (Å²) in [7, 11) is 1.82. The zero-order valence-electron chi connectivity index (χ0n) is 15.4. The Morgan fingerprint density at radius 2 is 1.96 bits per heavy atom. The zero-order valence-corrected chi connectivity index (χ0v) is 15.4. The normalized spacial score (nSPS) is 22.6. The Kier molecular flexibility index (Phi) is 4.63. The van der Waals surface area contributed by atoms with Gasteiger partial charge in [-0.25, -0.2) is 0 Å². The molecular weight excluding hydrogens is 346 g/mol. The summed E-state index contributed by atoms with van der Waals surface area (Å²) in [5.41, 5.74) is 0.182. The van der Waals surface area contributed by atoms with Crippen molar-refractivity contribution in [3.8, 4) is 11.4 Å². The maximum Gasteiger partial charge on any atom is 0.248 e. The Bertz CT molecular complexity index is 837. The lowest BCUT2D eigenvalue weighted by Gasteiger charge is -2.43. The number of rotatable bonds is 4. The number of nitrogens with zero attached hydrogens (tertiary/aromatic N) is 5. The van der Waals surface area contributed by atoms with Gasteiger partial charge in [-0.15, -0.1) is 0 Å². The summed E-state index contributed by atoms with van der Waals surface area (Å²) in [4.78, 5) is 37.5. The number of amides is 2. The molecule has 0 radical (unpaired) electrons. The molecule has 2 aliphatic rings. The first kappa shape index (κ1) is 17.6. The second-order valence-corrected chi connectivity index (χ2v) is 7.26. The summed E-state index contributed by atoms with van der Waals surface area (Å²) >= 11 is 0. The van der Waals surface area contributed by atoms with Crippen LogP contribution in [-0.4, -0.2) is 62.4 Å². The number of likely N-dealkylation sites (tertiary alicyclic amines) is 2. The maximum absolute atomic E-state index is 12.9. The number of aromatic nitrogens is 3. The molecule has 2 aromatic rings. The molecule has 2 aliphatic heterocycles. The van der Waals surface area contributed by atoms with Gasteiger partial charge in [0, 0.05) is 50.9 Å². The fourth-order valence-corrected chi connectivity index (χ4v) is 4.22. The van der Waals surface area contributed by atoms with Crippen molar-refractivity contribution in [2.24, 2.45) is 0 Å². The summed E-state index contributed by atoms with van der Waals surface area (Å²) in [5.74, 6) is 0.981. The second-order valence-electron chi connectivity index (χ2n) is 7.26. The van der Waals surface area contributed by atoms with E-state index in [1.54, 1.807) is 34.3 Å². The molecular formula is C19H23N5O3. The monoisotopic (exact) mass is 369 g/mol. The standard InChI is InChI=1S/C19H23N5O3/c1-23-12-2-8-19(18(23)26)9-3-13-24(19)16(25)5-4-15-21-17(22-27-15)14-6-10-20-11-7-14/h6-7,10-11H,2-5,8-9,12-13H2,1H3. The SMILES string of the molecule is CN1CCCC2(CCCN2C(=O)CCc2nc(-c3ccncc3)no2)C1=O. The van der Waals surface area contributed by atoms with Crippen LogP contribution in [0, 0.1) is 0 Å². The van der Waals surface area contributed by atoms with E-state index in [-0.39, 0.29) is 18.2 Å². The van der Waals surface area contributed by atoms with Crippen LogP contribution in [0.2, 0.25) is 0 Å². The van der Waals surface area contributed by atoms with Crippen LogP contribution in [0.25, 0.3) is 11.4 Å². The van der Waals surface area contributed by atoms with Crippen LogP contribution in [0.3, 0.4) is 0 Å². The van der Waals surface area contributed by atoms with E-state index in [0.717, 1.165) is 37.8 Å². The molecule has 2 fully saturated rings. The molecule has 1 spiro atoms. The molecule has 0 saturated carbocycles. The number of carbonyl (C=O) groups is 2. The largest absolute Gasteiger partial charge is 0.344 e. The topological polar surface area (TPSA) is 92.4 Å². The minimum atomic E-state index is -0.638. The lowest BCUT2D eigenvalue weighted by atomic mass is 9.85. The number of aryl methyl sites for hydroxylation is 1. The Morgan fingerprint density at radius 3 is 2.74 bits per heavy atom. The van der Waals surface area contributed by atoms with Crippen LogP contribution >= 0.6 is 0 Å². The average Bonchev–Trinajstić information content (AvgIpc) is 3.33. The molecule has 27 heavy (non-hydrogen) atoms. The quantitative estimate of drug-likeness (QED) is 0.814. The average molecular weight is 369 g/mol. The van der Waals surface area contributed by atoms with Crippen molar-refractivity contribution in [2.75, 3.05) is 20.1 Å². The molecule has 0 aliphatic carbocycles. The number of pyridine rings is 1. The third-order valence-electron chi connectivity index (χ3n) is 5.58. The summed E-state index contributed by atoms with van der Waals surface area (Å²) in [6.45, 7) is 1.41. The fourth-order valence-electron chi connectivity index (χ4n) is 4.22. The van der Waals surface area contributed by atoms with Gasteiger partial charge in [0.15, 0.2) is 0 Å². The molecule has 2 amide bonds. The van der Waals surface area contributed by atoms with Gasteiger partial charge in [0.25, 0.3) is 0 Å². The lowest BCUT2D eigenvalue weighted by molar-refractivity contribution is -0.154. The van der Waals surface area contributed by atoms with Gasteiger partial charge in [-0.2, -0.15) is 4.98 Å². The van der Waals surface area contributed by atoms with Gasteiger partial charge in [-0.05, 0) is 37.8 Å². The molecule has 0 N–H and O–H groups in total. The van der Waals surface area contributed by atoms with Gasteiger partial charge in [0.05, 0.1) is 0 Å². The molecule has 0 bridgehead atoms. The van der Waals surface area contributed by atoms with Crippen LogP contribution in [-0.2, 0) is 16.0 Å². The smallest absolute Gasteiger partial charge is 0.248 e. The highest BCUT2D eigenvalue weighted by atomic mass is 16.5. The molecule has 8 nitrogen and oxygen atoms in total. The van der Waals surface area contributed by atoms with Crippen LogP contribution in [0.1, 0.15) is 38.0 Å². The van der Waals surface area contributed by atoms with E-state index in [4.69, 9.17) is 4.52 Å². The van der Waals surface area contributed by atoms with Gasteiger partial charge < -0.3 is 14.3 Å². The number of hydrogen-bond donors (Lipinski definition) is 0. The third kappa shape index (κ3) is 3.20. The predicted octanol–water partition coefficient (Wildman–Crippen LogP) is 1.68. The van der Waals surface area contributed by atoms with E-state index in [9.17, 15) is 9.59 Å². The summed E-state index contributed by atoms with van der Waals surface area (Å²) < 4.78 is 5.28. The molecule has 2 aromatic heterocycles. The van der Waals surface area contributed by atoms with Crippen LogP contribution in [0.15, 0.2) is 29.0 Å². The zero-order chi connectivity index (χ0) is 18.9. The van der Waals surface area contributed by atoms with Crippen molar-refractivity contribution < 1.29 is 14.1 Å². The number of likely N-dealkylation sites (N-methyl/N-ethyl adjacent to an activating group) is 1. The van der Waals surface area contributed by atoms with E-state index in [0.29, 0.717) is 24.7 Å². The van der Waals surface area contributed by atoms with Crippen molar-refractivity contribution in [1.82, 2.24) is 24.9 Å². The predicted molar refractivity (Wildman–Crippen MR) is 96.4 cm³/mol. The minimum Gasteiger partial charge on any atom is -0.344 e. The summed E-state index contributed by atoms with van der Waals surface area (Å²) in [5, 5.41) is 3.97. The van der Waals surface area contributed by atoms with Crippen molar-refractivity contribution in [3.63, 3.8) is 0 Å². The van der Waals surface area contributed by atoms with Crippen LogP contribution in [0.5, 0.6) is 0 Å². The highest BCUT2D eigenvalue weighted by Gasteiger charge is 2.51. The van der Waals surface area contributed by atoms with Gasteiger partial charge >= 0.3 is 0 Å². The van der Waals surface area contributed by atoms with Crippen molar-refractivity contribution in [2.45, 2.75) is 44.1 Å². The highest BCUT2D eigenvalue weighted by Crippen LogP contribution is 2.38. The van der Waals surface area contributed by atoms with Crippen LogP contribution in [0.4, 0.5) is 0 Å². The Hall–Kier alpha value is -2.77. The van der Waals surface area contributed by atoms with Gasteiger partial charge in [0.2, 0.25) is 23.5 Å². The Balaban J connectivity index is 1.42. The van der Waals surface area contributed by atoms with E-state index >= 15 is 0 Å². The fraction of sp³-hybridized carbons (Fsp3) is 0.526. The Labute approximate surface area is 157 Å². The summed E-state index contributed by atoms with van der Waals surface area (Å²) in [6.07, 6.45) is 7.29. The first-order chi connectivity index (χ1) is 13.1. The molecule has 142 valence electrons. The highest BCUT2D eigenvalue weighted by molar-refractivity contribution is 5.92. The number of hydrogen-bond acceptors (Lipinski definition) is 6. The summed E-state index contributed by atoms with van der Waals surface area (Å²) in [6, 6.07) is 3.61. The second kappa shape index (κ2) is 7.09. The number of carbonyl (C=O) groups excluding carboxylic acids is 2. The first-order valence-electron chi connectivity index (χ1n) is 9.39. The van der Waals surface area contributed by atoms with Crippen molar-refractivity contribution >= 4 is 11.8 Å². The Morgan fingerprint density at radius 1 is 1.22 bits per heavy atom. The first-order valence-corrected chi connectivity index (χ1v) is 9.39. The van der Waals surface area contributed by atoms with Gasteiger partial charge in [-0.3, -0.25) is 14.6 Å². The van der Waals surface area contributed by atoms with E-state index in [1.165, 1.54) is 0 Å². The van der Waals surface area contributed by atoms with E-state index in [1.807, 2.05) is 7.05 Å². The van der Waals surface area contributed by atoms with Crippen molar-refractivity contribution in [1.29, 1.82) is 0 Å². The lowest BCUT2D eigenvalue weighted by Crippen LogP contribution is -2.60. The molecule has 1 unspecified atom stereocenters. The van der Waals surface area contributed by atoms with Crippen molar-refractivity contribution in [3.05, 3.63) is 30.4 Å². The minimum absolute atomic E-state index is 0.0141. The maximum atomic E-state index is 12.9. The molecule has 4 rings (SSSR count). The molecule has 2 saturated heterocycles. The molecule has 0 aromatic carbocycles. The molecule has 1 atom stereocenters. The number of piperidine rings is 1. The molecule has 4 heterocycles. The van der Waals surface area contributed by atoms with E-state index in [2.05, 4.69) is 15.1 Å².